The molecule has 0 spiro atoms. The van der Waals surface area contributed by atoms with Gasteiger partial charge in [0.2, 0.25) is 5.91 Å². The van der Waals surface area contributed by atoms with E-state index >= 15 is 0 Å². The van der Waals surface area contributed by atoms with Crippen LogP contribution in [0.5, 0.6) is 0 Å². The fourth-order valence-electron chi connectivity index (χ4n) is 2.02. The topological polar surface area (TPSA) is 72.4 Å². The number of carbonyl (C=O) groups excluding carboxylic acids is 1. The number of benzene rings is 1. The van der Waals surface area contributed by atoms with E-state index in [-0.39, 0.29) is 11.9 Å². The van der Waals surface area contributed by atoms with Gasteiger partial charge in [-0.25, -0.2) is 0 Å². The van der Waals surface area contributed by atoms with Gasteiger partial charge < -0.3 is 11.5 Å². The summed E-state index contributed by atoms with van der Waals surface area (Å²) in [7, 11) is 1.91. The Balaban J connectivity index is 2.79. The van der Waals surface area contributed by atoms with Gasteiger partial charge in [0, 0.05) is 13.1 Å². The first-order valence-corrected chi connectivity index (χ1v) is 5.86. The molecule has 1 aromatic carbocycles. The lowest BCUT2D eigenvalue weighted by Crippen LogP contribution is -2.41. The number of hydrogen-bond donors (Lipinski definition) is 2. The molecule has 0 aromatic heterocycles. The van der Waals surface area contributed by atoms with Crippen LogP contribution in [0.25, 0.3) is 0 Å². The molecule has 1 unspecified atom stereocenters. The molecule has 1 atom stereocenters. The van der Waals surface area contributed by atoms with Crippen molar-refractivity contribution in [3.05, 3.63) is 35.4 Å². The van der Waals surface area contributed by atoms with E-state index in [2.05, 4.69) is 0 Å². The van der Waals surface area contributed by atoms with E-state index in [1.165, 1.54) is 0 Å². The van der Waals surface area contributed by atoms with Crippen LogP contribution >= 0.6 is 0 Å². The van der Waals surface area contributed by atoms with Crippen molar-refractivity contribution < 1.29 is 4.79 Å². The second kappa shape index (κ2) is 6.37. The third kappa shape index (κ3) is 3.54. The molecule has 0 aliphatic carbocycles. The Kier molecular flexibility index (Phi) is 5.12. The monoisotopic (exact) mass is 235 g/mol. The molecule has 94 valence electrons. The highest BCUT2D eigenvalue weighted by Gasteiger charge is 2.18. The van der Waals surface area contributed by atoms with Gasteiger partial charge in [-0.05, 0) is 24.6 Å². The van der Waals surface area contributed by atoms with Crippen molar-refractivity contribution in [1.29, 1.82) is 0 Å². The van der Waals surface area contributed by atoms with Crippen molar-refractivity contribution in [3.63, 3.8) is 0 Å². The maximum absolute atomic E-state index is 11.3. The minimum Gasteiger partial charge on any atom is -0.368 e. The molecule has 0 fully saturated rings. The maximum atomic E-state index is 11.3. The largest absolute Gasteiger partial charge is 0.368 e. The molecular formula is C13H21N3O. The molecule has 1 rings (SSSR count). The Hall–Kier alpha value is -1.39. The molecule has 0 heterocycles. The van der Waals surface area contributed by atoms with E-state index in [0.717, 1.165) is 17.5 Å². The van der Waals surface area contributed by atoms with Gasteiger partial charge in [-0.15, -0.1) is 0 Å². The van der Waals surface area contributed by atoms with Crippen molar-refractivity contribution in [3.8, 4) is 0 Å². The van der Waals surface area contributed by atoms with Crippen molar-refractivity contribution in [2.45, 2.75) is 32.5 Å². The van der Waals surface area contributed by atoms with Crippen LogP contribution in [-0.4, -0.2) is 23.9 Å². The summed E-state index contributed by atoms with van der Waals surface area (Å²) in [4.78, 5) is 13.2. The minimum absolute atomic E-state index is 0.221. The van der Waals surface area contributed by atoms with Crippen molar-refractivity contribution in [2.75, 3.05) is 7.05 Å². The normalized spacial score (nSPS) is 12.7. The molecule has 0 aliphatic rings. The second-order valence-corrected chi connectivity index (χ2v) is 4.21. The summed E-state index contributed by atoms with van der Waals surface area (Å²) in [5.41, 5.74) is 13.3. The third-order valence-corrected chi connectivity index (χ3v) is 3.01. The number of amides is 1. The van der Waals surface area contributed by atoms with Crippen molar-refractivity contribution in [1.82, 2.24) is 4.90 Å². The first-order valence-electron chi connectivity index (χ1n) is 5.86. The summed E-state index contributed by atoms with van der Waals surface area (Å²) in [5, 5.41) is 0. The fraction of sp³-hybridized carbons (Fsp3) is 0.462. The number of nitrogens with two attached hydrogens (primary N) is 2. The first-order chi connectivity index (χ1) is 8.10. The molecule has 0 saturated carbocycles. The molecule has 0 aliphatic heterocycles. The smallest absolute Gasteiger partial charge is 0.234 e. The Morgan fingerprint density at radius 3 is 2.41 bits per heavy atom. The summed E-state index contributed by atoms with van der Waals surface area (Å²) in [6, 6.07) is 7.77. The third-order valence-electron chi connectivity index (χ3n) is 3.01. The highest BCUT2D eigenvalue weighted by molar-refractivity contribution is 5.79. The summed E-state index contributed by atoms with van der Waals surface area (Å²) in [5.74, 6) is -0.278. The van der Waals surface area contributed by atoms with E-state index in [0.29, 0.717) is 13.1 Å². The van der Waals surface area contributed by atoms with Gasteiger partial charge in [-0.3, -0.25) is 9.69 Å². The van der Waals surface area contributed by atoms with E-state index < -0.39 is 0 Å². The van der Waals surface area contributed by atoms with Gasteiger partial charge in [0.05, 0.1) is 6.04 Å². The second-order valence-electron chi connectivity index (χ2n) is 4.21. The van der Waals surface area contributed by atoms with E-state index in [1.54, 1.807) is 0 Å². The molecule has 0 bridgehead atoms. The average molecular weight is 235 g/mol. The zero-order valence-corrected chi connectivity index (χ0v) is 10.5. The minimum atomic E-state index is -0.278. The average Bonchev–Trinajstić information content (AvgIpc) is 2.30. The van der Waals surface area contributed by atoms with Gasteiger partial charge in [0.25, 0.3) is 0 Å². The van der Waals surface area contributed by atoms with Crippen LogP contribution in [0.3, 0.4) is 0 Å². The van der Waals surface area contributed by atoms with E-state index in [1.807, 2.05) is 43.1 Å². The quantitative estimate of drug-likeness (QED) is 0.767. The lowest BCUT2D eigenvalue weighted by atomic mass is 10.1. The number of primary amides is 1. The highest BCUT2D eigenvalue weighted by atomic mass is 16.1. The highest BCUT2D eigenvalue weighted by Crippen LogP contribution is 2.13. The standard InChI is InChI=1S/C13H21N3O/c1-3-12(13(15)17)16(2)9-11-7-5-4-6-10(11)8-14/h4-7,12H,3,8-9,14H2,1-2H3,(H2,15,17). The molecule has 4 N–H and O–H groups in total. The van der Waals surface area contributed by atoms with Crippen LogP contribution in [0.4, 0.5) is 0 Å². The van der Waals surface area contributed by atoms with Crippen LogP contribution < -0.4 is 11.5 Å². The number of likely N-dealkylation sites (N-methyl/N-ethyl adjacent to an activating group) is 1. The van der Waals surface area contributed by atoms with Crippen LogP contribution in [0, 0.1) is 0 Å². The van der Waals surface area contributed by atoms with Crippen LogP contribution in [0.1, 0.15) is 24.5 Å². The summed E-state index contributed by atoms with van der Waals surface area (Å²) >= 11 is 0. The first kappa shape index (κ1) is 13.7. The van der Waals surface area contributed by atoms with Gasteiger partial charge in [0.15, 0.2) is 0 Å². The molecule has 1 amide bonds. The summed E-state index contributed by atoms with van der Waals surface area (Å²) in [6.07, 6.45) is 0.719. The Labute approximate surface area is 103 Å². The Morgan fingerprint density at radius 1 is 1.35 bits per heavy atom. The zero-order valence-electron chi connectivity index (χ0n) is 10.5. The summed E-state index contributed by atoms with van der Waals surface area (Å²) < 4.78 is 0. The maximum Gasteiger partial charge on any atom is 0.234 e. The van der Waals surface area contributed by atoms with Gasteiger partial charge in [-0.2, -0.15) is 0 Å². The lowest BCUT2D eigenvalue weighted by Gasteiger charge is -2.25. The molecule has 0 saturated heterocycles. The number of carbonyl (C=O) groups is 1. The molecule has 4 nitrogen and oxygen atoms in total. The Morgan fingerprint density at radius 2 is 1.94 bits per heavy atom. The molecule has 1 aromatic rings. The van der Waals surface area contributed by atoms with E-state index in [4.69, 9.17) is 11.5 Å². The van der Waals surface area contributed by atoms with Crippen molar-refractivity contribution in [2.24, 2.45) is 11.5 Å². The SMILES string of the molecule is CCC(C(N)=O)N(C)Cc1ccccc1CN. The van der Waals surface area contributed by atoms with Crippen molar-refractivity contribution >= 4 is 5.91 Å². The lowest BCUT2D eigenvalue weighted by molar-refractivity contribution is -0.123. The Bertz CT molecular complexity index is 379. The summed E-state index contributed by atoms with van der Waals surface area (Å²) in [6.45, 7) is 3.16. The van der Waals surface area contributed by atoms with Gasteiger partial charge >= 0.3 is 0 Å². The predicted molar refractivity (Wildman–Crippen MR) is 69.1 cm³/mol. The molecule has 0 radical (unpaired) electrons. The predicted octanol–water partition coefficient (Wildman–Crippen LogP) is 0.841. The fourth-order valence-corrected chi connectivity index (χ4v) is 2.02. The number of hydrogen-bond acceptors (Lipinski definition) is 3. The van der Waals surface area contributed by atoms with E-state index in [9.17, 15) is 4.79 Å². The van der Waals surface area contributed by atoms with Gasteiger partial charge in [-0.1, -0.05) is 31.2 Å². The van der Waals surface area contributed by atoms with Crippen LogP contribution in [-0.2, 0) is 17.9 Å². The number of nitrogens with zero attached hydrogens (tertiary/aromatic N) is 1. The van der Waals surface area contributed by atoms with Crippen LogP contribution in [0.15, 0.2) is 24.3 Å². The van der Waals surface area contributed by atoms with Gasteiger partial charge in [0.1, 0.15) is 0 Å². The zero-order chi connectivity index (χ0) is 12.8. The molecule has 4 heteroatoms. The number of rotatable bonds is 6. The molecule has 17 heavy (non-hydrogen) atoms. The molecular weight excluding hydrogens is 214 g/mol. The van der Waals surface area contributed by atoms with Crippen LogP contribution in [0.2, 0.25) is 0 Å².